The number of rotatable bonds is 3. The minimum absolute atomic E-state index is 0.0628. The molecule has 0 spiro atoms. The van der Waals surface area contributed by atoms with Crippen molar-refractivity contribution in [2.45, 2.75) is 18.9 Å². The van der Waals surface area contributed by atoms with Crippen LogP contribution in [0.25, 0.3) is 10.9 Å². The zero-order valence-corrected chi connectivity index (χ0v) is 12.5. The van der Waals surface area contributed by atoms with E-state index >= 15 is 0 Å². The molecule has 0 bridgehead atoms. The molecule has 6 nitrogen and oxygen atoms in total. The summed E-state index contributed by atoms with van der Waals surface area (Å²) in [6.45, 7) is 1.83. The van der Waals surface area contributed by atoms with Crippen LogP contribution in [0.3, 0.4) is 0 Å². The van der Waals surface area contributed by atoms with Crippen molar-refractivity contribution in [3.05, 3.63) is 23.9 Å². The van der Waals surface area contributed by atoms with Gasteiger partial charge in [0.25, 0.3) is 5.91 Å². The number of carbonyl (C=O) groups excluding carboxylic acids is 1. The van der Waals surface area contributed by atoms with Gasteiger partial charge in [-0.2, -0.15) is 5.10 Å². The Hall–Kier alpha value is -2.08. The highest BCUT2D eigenvalue weighted by Crippen LogP contribution is 2.21. The molecule has 1 unspecified atom stereocenters. The minimum Gasteiger partial charge on any atom is -0.399 e. The van der Waals surface area contributed by atoms with Gasteiger partial charge in [0.15, 0.2) is 5.69 Å². The number of benzene rings is 1. The lowest BCUT2D eigenvalue weighted by Gasteiger charge is -2.25. The third-order valence-corrected chi connectivity index (χ3v) is 4.29. The van der Waals surface area contributed by atoms with Gasteiger partial charge in [-0.3, -0.25) is 9.89 Å². The number of nitrogen functional groups attached to an aromatic ring is 1. The number of H-pyrrole nitrogens is 1. The third-order valence-electron chi connectivity index (χ3n) is 4.29. The zero-order chi connectivity index (χ0) is 15.0. The minimum atomic E-state index is -0.0628. The average Bonchev–Trinajstić information content (AvgIpc) is 3.04. The first-order valence-corrected chi connectivity index (χ1v) is 7.25. The van der Waals surface area contributed by atoms with Crippen LogP contribution in [0.1, 0.15) is 23.3 Å². The van der Waals surface area contributed by atoms with Crippen LogP contribution in [0.2, 0.25) is 0 Å². The molecule has 0 radical (unpaired) electrons. The Labute approximate surface area is 123 Å². The number of hydrogen-bond donors (Lipinski definition) is 2. The number of aromatic nitrogens is 2. The van der Waals surface area contributed by atoms with E-state index in [0.29, 0.717) is 17.4 Å². The van der Waals surface area contributed by atoms with Gasteiger partial charge in [-0.05, 0) is 44.6 Å². The summed E-state index contributed by atoms with van der Waals surface area (Å²) < 4.78 is 0. The fourth-order valence-corrected chi connectivity index (χ4v) is 2.98. The lowest BCUT2D eigenvalue weighted by atomic mass is 10.1. The number of nitrogens with two attached hydrogens (primary N) is 1. The molecule has 1 aliphatic heterocycles. The number of fused-ring (bicyclic) bond motifs is 1. The van der Waals surface area contributed by atoms with Crippen LogP contribution in [-0.2, 0) is 0 Å². The van der Waals surface area contributed by atoms with Crippen LogP contribution in [0.4, 0.5) is 5.69 Å². The molecule has 0 aliphatic carbocycles. The highest BCUT2D eigenvalue weighted by molar-refractivity contribution is 6.05. The van der Waals surface area contributed by atoms with Gasteiger partial charge >= 0.3 is 0 Å². The SMILES string of the molecule is CN(CC1CCCN1C)C(=O)c1n[nH]c2ccc(N)cc12. The summed E-state index contributed by atoms with van der Waals surface area (Å²) >= 11 is 0. The van der Waals surface area contributed by atoms with Crippen molar-refractivity contribution in [3.8, 4) is 0 Å². The van der Waals surface area contributed by atoms with Gasteiger partial charge < -0.3 is 15.5 Å². The first-order valence-electron chi connectivity index (χ1n) is 7.25. The predicted molar refractivity (Wildman–Crippen MR) is 83.1 cm³/mol. The summed E-state index contributed by atoms with van der Waals surface area (Å²) in [6, 6.07) is 5.88. The molecule has 1 saturated heterocycles. The molecule has 2 aromatic rings. The molecule has 1 atom stereocenters. The molecule has 3 rings (SSSR count). The van der Waals surface area contributed by atoms with Gasteiger partial charge in [-0.25, -0.2) is 0 Å². The summed E-state index contributed by atoms with van der Waals surface area (Å²) in [5.74, 6) is -0.0628. The normalized spacial score (nSPS) is 19.2. The number of nitrogens with one attached hydrogen (secondary N) is 1. The van der Waals surface area contributed by atoms with E-state index in [1.165, 1.54) is 6.42 Å². The molecule has 1 aromatic heterocycles. The third kappa shape index (κ3) is 2.58. The van der Waals surface area contributed by atoms with Crippen molar-refractivity contribution in [2.24, 2.45) is 0 Å². The molecule has 1 fully saturated rings. The number of aromatic amines is 1. The van der Waals surface area contributed by atoms with Gasteiger partial charge in [0.05, 0.1) is 5.52 Å². The Balaban J connectivity index is 1.81. The van der Waals surface area contributed by atoms with E-state index < -0.39 is 0 Å². The van der Waals surface area contributed by atoms with Crippen molar-refractivity contribution in [2.75, 3.05) is 32.9 Å². The van der Waals surface area contributed by atoms with Crippen molar-refractivity contribution in [1.29, 1.82) is 0 Å². The largest absolute Gasteiger partial charge is 0.399 e. The lowest BCUT2D eigenvalue weighted by molar-refractivity contribution is 0.0757. The van der Waals surface area contributed by atoms with Crippen LogP contribution in [0, 0.1) is 0 Å². The molecule has 3 N–H and O–H groups in total. The Kier molecular flexibility index (Phi) is 3.55. The van der Waals surface area contributed by atoms with Gasteiger partial charge in [0, 0.05) is 30.7 Å². The Morgan fingerprint density at radius 2 is 2.38 bits per heavy atom. The quantitative estimate of drug-likeness (QED) is 0.834. The van der Waals surface area contributed by atoms with Gasteiger partial charge in [-0.1, -0.05) is 0 Å². The Morgan fingerprint density at radius 3 is 3.10 bits per heavy atom. The first-order chi connectivity index (χ1) is 10.1. The van der Waals surface area contributed by atoms with E-state index in [4.69, 9.17) is 5.73 Å². The van der Waals surface area contributed by atoms with E-state index in [-0.39, 0.29) is 5.91 Å². The average molecular weight is 287 g/mol. The van der Waals surface area contributed by atoms with E-state index in [0.717, 1.165) is 30.4 Å². The second kappa shape index (κ2) is 5.37. The van der Waals surface area contributed by atoms with Crippen molar-refractivity contribution in [1.82, 2.24) is 20.0 Å². The molecule has 21 heavy (non-hydrogen) atoms. The fraction of sp³-hybridized carbons (Fsp3) is 0.467. The van der Waals surface area contributed by atoms with Crippen LogP contribution in [-0.4, -0.2) is 59.1 Å². The molecule has 1 amide bonds. The molecule has 6 heteroatoms. The second-order valence-corrected chi connectivity index (χ2v) is 5.84. The number of likely N-dealkylation sites (N-methyl/N-ethyl adjacent to an activating group) is 2. The molecule has 1 aliphatic rings. The van der Waals surface area contributed by atoms with Gasteiger partial charge in [-0.15, -0.1) is 0 Å². The highest BCUT2D eigenvalue weighted by atomic mass is 16.2. The maximum absolute atomic E-state index is 12.6. The lowest BCUT2D eigenvalue weighted by Crippen LogP contribution is -2.39. The fourth-order valence-electron chi connectivity index (χ4n) is 2.98. The van der Waals surface area contributed by atoms with Crippen molar-refractivity contribution < 1.29 is 4.79 Å². The van der Waals surface area contributed by atoms with E-state index in [9.17, 15) is 4.79 Å². The second-order valence-electron chi connectivity index (χ2n) is 5.84. The van der Waals surface area contributed by atoms with Crippen LogP contribution in [0.15, 0.2) is 18.2 Å². The number of nitrogens with zero attached hydrogens (tertiary/aromatic N) is 3. The standard InChI is InChI=1S/C15H21N5O/c1-19-7-3-4-11(19)9-20(2)15(21)14-12-8-10(16)5-6-13(12)17-18-14/h5-6,8,11H,3-4,7,9,16H2,1-2H3,(H,17,18). The Bertz CT molecular complexity index is 665. The number of amides is 1. The smallest absolute Gasteiger partial charge is 0.274 e. The number of hydrogen-bond acceptors (Lipinski definition) is 4. The topological polar surface area (TPSA) is 78.2 Å². The number of likely N-dealkylation sites (tertiary alicyclic amines) is 1. The van der Waals surface area contributed by atoms with Crippen molar-refractivity contribution in [3.63, 3.8) is 0 Å². The molecular formula is C15H21N5O. The molecular weight excluding hydrogens is 266 g/mol. The van der Waals surface area contributed by atoms with Crippen LogP contribution in [0.5, 0.6) is 0 Å². The molecule has 1 aromatic carbocycles. The summed E-state index contributed by atoms with van der Waals surface area (Å²) in [5.41, 5.74) is 7.72. The van der Waals surface area contributed by atoms with E-state index in [2.05, 4.69) is 22.1 Å². The van der Waals surface area contributed by atoms with E-state index in [1.807, 2.05) is 13.1 Å². The first kappa shape index (κ1) is 13.9. The van der Waals surface area contributed by atoms with Crippen LogP contribution >= 0.6 is 0 Å². The molecule has 2 heterocycles. The van der Waals surface area contributed by atoms with Gasteiger partial charge in [0.1, 0.15) is 0 Å². The van der Waals surface area contributed by atoms with Crippen LogP contribution < -0.4 is 5.73 Å². The monoisotopic (exact) mass is 287 g/mol. The summed E-state index contributed by atoms with van der Waals surface area (Å²) in [6.07, 6.45) is 2.34. The van der Waals surface area contributed by atoms with Crippen molar-refractivity contribution >= 4 is 22.5 Å². The zero-order valence-electron chi connectivity index (χ0n) is 12.5. The highest BCUT2D eigenvalue weighted by Gasteiger charge is 2.25. The number of anilines is 1. The summed E-state index contributed by atoms with van der Waals surface area (Å²) in [7, 11) is 3.95. The van der Waals surface area contributed by atoms with E-state index in [1.54, 1.807) is 17.0 Å². The maximum Gasteiger partial charge on any atom is 0.274 e. The molecule has 0 saturated carbocycles. The van der Waals surface area contributed by atoms with Gasteiger partial charge in [0.2, 0.25) is 0 Å². The number of carbonyl (C=O) groups is 1. The maximum atomic E-state index is 12.6. The predicted octanol–water partition coefficient (Wildman–Crippen LogP) is 1.31. The summed E-state index contributed by atoms with van der Waals surface area (Å²) in [4.78, 5) is 16.7. The molecule has 112 valence electrons. The summed E-state index contributed by atoms with van der Waals surface area (Å²) in [5, 5.41) is 7.84. The Morgan fingerprint density at radius 1 is 1.57 bits per heavy atom.